The Morgan fingerprint density at radius 2 is 1.00 bits per heavy atom. The number of nitrogens with zero attached hydrogens (tertiary/aromatic N) is 1. The molecular weight excluding hydrogens is 110 g/mol. The van der Waals surface area contributed by atoms with E-state index in [0.29, 0.717) is 0 Å². The van der Waals surface area contributed by atoms with Crippen molar-refractivity contribution in [3.8, 4) is 0 Å². The zero-order valence-corrected chi connectivity index (χ0v) is 7.86. The maximum Gasteiger partial charge on any atom is 0.0751 e. The number of quaternary nitrogens is 1. The normalized spacial score (nSPS) is 10.0. The SMILES string of the molecule is CCC.CC[N+](C)(C)C. The van der Waals surface area contributed by atoms with Gasteiger partial charge in [0.2, 0.25) is 0 Å². The summed E-state index contributed by atoms with van der Waals surface area (Å²) < 4.78 is 1.07. The minimum Gasteiger partial charge on any atom is -0.331 e. The summed E-state index contributed by atoms with van der Waals surface area (Å²) in [6.07, 6.45) is 1.25. The summed E-state index contributed by atoms with van der Waals surface area (Å²) in [5.41, 5.74) is 0. The third-order valence-corrected chi connectivity index (χ3v) is 0.949. The molecule has 1 heteroatoms. The maximum atomic E-state index is 2.18. The molecule has 0 aliphatic heterocycles. The van der Waals surface area contributed by atoms with Gasteiger partial charge in [0, 0.05) is 0 Å². The van der Waals surface area contributed by atoms with Gasteiger partial charge in [-0.2, -0.15) is 0 Å². The lowest BCUT2D eigenvalue weighted by Crippen LogP contribution is -2.33. The molecule has 0 aliphatic carbocycles. The van der Waals surface area contributed by atoms with E-state index in [4.69, 9.17) is 0 Å². The Kier molecular flexibility index (Phi) is 7.92. The van der Waals surface area contributed by atoms with Crippen LogP contribution >= 0.6 is 0 Å². The molecule has 0 aromatic heterocycles. The average molecular weight is 132 g/mol. The highest BCUT2D eigenvalue weighted by molar-refractivity contribution is 4.06. The summed E-state index contributed by atoms with van der Waals surface area (Å²) in [6.45, 7) is 7.64. The summed E-state index contributed by atoms with van der Waals surface area (Å²) in [5.74, 6) is 0. The van der Waals surface area contributed by atoms with Crippen molar-refractivity contribution in [1.82, 2.24) is 0 Å². The fourth-order valence-electron chi connectivity index (χ4n) is 0. The largest absolute Gasteiger partial charge is 0.331 e. The molecule has 0 aromatic carbocycles. The summed E-state index contributed by atoms with van der Waals surface area (Å²) in [4.78, 5) is 0. The molecule has 0 bridgehead atoms. The Bertz CT molecular complexity index is 43.0. The molecule has 0 heterocycles. The monoisotopic (exact) mass is 132 g/mol. The minimum atomic E-state index is 1.07. The van der Waals surface area contributed by atoms with Gasteiger partial charge in [0.05, 0.1) is 27.7 Å². The van der Waals surface area contributed by atoms with Gasteiger partial charge in [-0.1, -0.05) is 20.3 Å². The van der Waals surface area contributed by atoms with Crippen LogP contribution in [0.3, 0.4) is 0 Å². The molecule has 0 N–H and O–H groups in total. The van der Waals surface area contributed by atoms with E-state index in [-0.39, 0.29) is 0 Å². The van der Waals surface area contributed by atoms with Crippen LogP contribution in [0.25, 0.3) is 0 Å². The van der Waals surface area contributed by atoms with Crippen LogP contribution in [0.1, 0.15) is 27.2 Å². The molecule has 0 radical (unpaired) electrons. The Morgan fingerprint density at radius 3 is 1.00 bits per heavy atom. The zero-order valence-electron chi connectivity index (χ0n) is 7.86. The van der Waals surface area contributed by atoms with Crippen LogP contribution in [-0.4, -0.2) is 32.2 Å². The van der Waals surface area contributed by atoms with E-state index in [0.717, 1.165) is 4.48 Å². The van der Waals surface area contributed by atoms with Crippen molar-refractivity contribution in [2.24, 2.45) is 0 Å². The molecule has 1 nitrogen and oxygen atoms in total. The molecule has 0 saturated carbocycles. The van der Waals surface area contributed by atoms with E-state index in [1.165, 1.54) is 13.0 Å². The Morgan fingerprint density at radius 1 is 0.889 bits per heavy atom. The van der Waals surface area contributed by atoms with Crippen LogP contribution in [0.2, 0.25) is 0 Å². The van der Waals surface area contributed by atoms with E-state index in [9.17, 15) is 0 Å². The van der Waals surface area contributed by atoms with Gasteiger partial charge in [0.25, 0.3) is 0 Å². The zero-order chi connectivity index (χ0) is 7.91. The fourth-order valence-corrected chi connectivity index (χ4v) is 0. The average Bonchev–Trinajstić information content (AvgIpc) is 1.67. The van der Waals surface area contributed by atoms with Gasteiger partial charge in [-0.25, -0.2) is 0 Å². The van der Waals surface area contributed by atoms with Crippen LogP contribution in [0, 0.1) is 0 Å². The molecule has 0 aliphatic rings. The molecule has 0 atom stereocenters. The lowest BCUT2D eigenvalue weighted by molar-refractivity contribution is -0.868. The second kappa shape index (κ2) is 6.09. The van der Waals surface area contributed by atoms with E-state index in [1.807, 2.05) is 0 Å². The molecule has 0 saturated heterocycles. The van der Waals surface area contributed by atoms with Crippen molar-refractivity contribution >= 4 is 0 Å². The molecule has 0 aromatic rings. The van der Waals surface area contributed by atoms with E-state index in [2.05, 4.69) is 41.9 Å². The van der Waals surface area contributed by atoms with E-state index < -0.39 is 0 Å². The first-order valence-corrected chi connectivity index (χ1v) is 3.78. The van der Waals surface area contributed by atoms with Crippen LogP contribution < -0.4 is 0 Å². The first-order valence-electron chi connectivity index (χ1n) is 3.78. The van der Waals surface area contributed by atoms with Gasteiger partial charge in [-0.15, -0.1) is 0 Å². The van der Waals surface area contributed by atoms with Crippen LogP contribution in [0.4, 0.5) is 0 Å². The van der Waals surface area contributed by atoms with Crippen LogP contribution in [0.5, 0.6) is 0 Å². The quantitative estimate of drug-likeness (QED) is 0.479. The van der Waals surface area contributed by atoms with Gasteiger partial charge in [-0.3, -0.25) is 0 Å². The van der Waals surface area contributed by atoms with Gasteiger partial charge in [0.15, 0.2) is 0 Å². The van der Waals surface area contributed by atoms with Gasteiger partial charge < -0.3 is 4.48 Å². The van der Waals surface area contributed by atoms with Crippen LogP contribution in [-0.2, 0) is 0 Å². The van der Waals surface area contributed by atoms with Crippen molar-refractivity contribution in [2.45, 2.75) is 27.2 Å². The Labute approximate surface area is 60.3 Å². The molecule has 58 valence electrons. The Balaban J connectivity index is 0. The molecular formula is C8H22N+. The van der Waals surface area contributed by atoms with Crippen molar-refractivity contribution in [3.63, 3.8) is 0 Å². The first kappa shape index (κ1) is 11.7. The highest BCUT2D eigenvalue weighted by Crippen LogP contribution is 1.83. The molecule has 0 unspecified atom stereocenters. The molecule has 9 heavy (non-hydrogen) atoms. The second-order valence-corrected chi connectivity index (χ2v) is 3.31. The summed E-state index contributed by atoms with van der Waals surface area (Å²) in [6, 6.07) is 0. The molecule has 0 rings (SSSR count). The van der Waals surface area contributed by atoms with Crippen molar-refractivity contribution in [3.05, 3.63) is 0 Å². The minimum absolute atomic E-state index is 1.07. The number of hydrogen-bond donors (Lipinski definition) is 0. The van der Waals surface area contributed by atoms with Crippen LogP contribution in [0.15, 0.2) is 0 Å². The summed E-state index contributed by atoms with van der Waals surface area (Å²) in [5, 5.41) is 0. The fraction of sp³-hybridized carbons (Fsp3) is 1.00. The van der Waals surface area contributed by atoms with Gasteiger partial charge in [-0.05, 0) is 6.92 Å². The van der Waals surface area contributed by atoms with Crippen molar-refractivity contribution in [1.29, 1.82) is 0 Å². The highest BCUT2D eigenvalue weighted by atomic mass is 15.3. The van der Waals surface area contributed by atoms with Crippen molar-refractivity contribution in [2.75, 3.05) is 27.7 Å². The van der Waals surface area contributed by atoms with E-state index in [1.54, 1.807) is 0 Å². The third-order valence-electron chi connectivity index (χ3n) is 0.949. The predicted octanol–water partition coefficient (Wildman–Crippen LogP) is 2.13. The first-order chi connectivity index (χ1) is 3.97. The van der Waals surface area contributed by atoms with Gasteiger partial charge in [0.1, 0.15) is 0 Å². The Hall–Kier alpha value is -0.0400. The third kappa shape index (κ3) is 32.3. The maximum absolute atomic E-state index is 2.18. The predicted molar refractivity (Wildman–Crippen MR) is 44.5 cm³/mol. The number of hydrogen-bond acceptors (Lipinski definition) is 0. The smallest absolute Gasteiger partial charge is 0.0751 e. The summed E-state index contributed by atoms with van der Waals surface area (Å²) in [7, 11) is 6.54. The summed E-state index contributed by atoms with van der Waals surface area (Å²) >= 11 is 0. The lowest BCUT2D eigenvalue weighted by Gasteiger charge is -2.20. The molecule has 0 spiro atoms. The molecule has 0 amide bonds. The molecule has 0 fully saturated rings. The van der Waals surface area contributed by atoms with E-state index >= 15 is 0 Å². The van der Waals surface area contributed by atoms with Crippen molar-refractivity contribution < 1.29 is 4.48 Å². The standard InChI is InChI=1S/C5H14N.C3H8/c1-5-6(2,3)4;1-3-2/h5H2,1-4H3;3H2,1-2H3/q+1;. The number of rotatable bonds is 1. The lowest BCUT2D eigenvalue weighted by atomic mass is 10.6. The van der Waals surface area contributed by atoms with Gasteiger partial charge >= 0.3 is 0 Å². The topological polar surface area (TPSA) is 0 Å². The highest BCUT2D eigenvalue weighted by Gasteiger charge is 1.97. The second-order valence-electron chi connectivity index (χ2n) is 3.31.